The Bertz CT molecular complexity index is 3110. The number of para-hydroxylation sites is 2. The summed E-state index contributed by atoms with van der Waals surface area (Å²) in [6, 6.07) is 36.6. The molecule has 3 heterocycles. The summed E-state index contributed by atoms with van der Waals surface area (Å²) in [5.74, 6) is 1.17. The van der Waals surface area contributed by atoms with Crippen molar-refractivity contribution in [3.63, 3.8) is 0 Å². The summed E-state index contributed by atoms with van der Waals surface area (Å²) in [5.41, 5.74) is 8.08. The second-order valence-corrected chi connectivity index (χ2v) is 24.7. The fraction of sp³-hybridized carbons (Fsp3) is 0.500. The Labute approximate surface area is 541 Å². The molecule has 32 heteroatoms. The Hall–Kier alpha value is -6.37. The van der Waals surface area contributed by atoms with Gasteiger partial charge in [-0.2, -0.15) is 48.6 Å². The standard InChI is InChI=1S/C23H31N3O5S.C20H24N2O2.C6H12N2O5S.C3H9NO.C2H5ClO.C2H3N.CClNO3S.CH4.H2/c1-30-17-14-25-32(28,29)26-15-12-23(13-16-26,19-8-4-3-5-9-19)18-24-22(27)20-10-6-7-11-21(20)31-2;1-24-18-10-6-5-9-17(18)19(23)22-15-20(11-13-21-14-12-20)16-7-3-2-4-8-16;1-12-4-2-7-14(10,11)8-3-5-13-6(8)9;1-5-3-2-4;3-1-2-4;1-2-3;2-7(5,6)3-1-4;;/h3-11,25H,12-18H2,1-2H3,(H,24,27);2-10,21H,11-15H2,1H3,(H,22,23);7H,2-5H2,1H3;2-4H2,1H3;4H,1-2H2;1H3;;1H4;1H/i;;;;;;;;1+1. The first-order chi connectivity index (χ1) is 42.5. The van der Waals surface area contributed by atoms with Crippen LogP contribution in [-0.4, -0.2) is 203 Å². The van der Waals surface area contributed by atoms with Gasteiger partial charge in [0.1, 0.15) is 18.1 Å². The molecule has 3 aliphatic heterocycles. The molecule has 3 saturated heterocycles. The fourth-order valence-electron chi connectivity index (χ4n) is 8.61. The third-order valence-electron chi connectivity index (χ3n) is 13.0. The highest BCUT2D eigenvalue weighted by Gasteiger charge is 2.40. The fourth-order valence-corrected chi connectivity index (χ4v) is 11.0. The van der Waals surface area contributed by atoms with Crippen LogP contribution >= 0.6 is 22.3 Å². The van der Waals surface area contributed by atoms with Gasteiger partial charge >= 0.3 is 25.5 Å². The van der Waals surface area contributed by atoms with Gasteiger partial charge in [-0.15, -0.1) is 11.6 Å². The minimum atomic E-state index is -4.00. The molecule has 0 atom stereocenters. The molecule has 506 valence electrons. The summed E-state index contributed by atoms with van der Waals surface area (Å²) < 4.78 is 105. The van der Waals surface area contributed by atoms with E-state index in [2.05, 4.69) is 79.0 Å². The highest BCUT2D eigenvalue weighted by atomic mass is 35.7. The smallest absolute Gasteiger partial charge is 0.424 e. The van der Waals surface area contributed by atoms with Gasteiger partial charge in [0.15, 0.2) is 0 Å². The maximum Gasteiger partial charge on any atom is 0.424 e. The maximum atomic E-state index is 12.9. The van der Waals surface area contributed by atoms with Crippen LogP contribution in [0.5, 0.6) is 11.5 Å². The van der Waals surface area contributed by atoms with Crippen molar-refractivity contribution in [1.29, 1.82) is 5.26 Å². The molecule has 0 aromatic heterocycles. The molecule has 3 fully saturated rings. The second kappa shape index (κ2) is 46.7. The van der Waals surface area contributed by atoms with Crippen LogP contribution in [0.4, 0.5) is 4.79 Å². The lowest BCUT2D eigenvalue weighted by Gasteiger charge is -2.41. The molecule has 90 heavy (non-hydrogen) atoms. The number of halogens is 2. The summed E-state index contributed by atoms with van der Waals surface area (Å²) >= 11 is 4.94. The van der Waals surface area contributed by atoms with Crippen LogP contribution in [0.1, 0.15) is 73.3 Å². The SMILES string of the molecule is C.CC#N.COCCN.COCCNS(=O)(=O)N1CCC(CNC(=O)c2ccccc2OC)(c2ccccc2)CC1.COCCNS(=O)(=O)N1CCOC1=O.COc1ccccc1C(=O)NCC1(c2ccccc2)CCNCC1.O=C=NS(=O)(=O)Cl.OCCCl.[2HH]. The number of nitrogens with two attached hydrogens (primary N) is 1. The van der Waals surface area contributed by atoms with Gasteiger partial charge in [-0.3, -0.25) is 9.59 Å². The van der Waals surface area contributed by atoms with Crippen molar-refractivity contribution in [2.75, 3.05) is 140 Å². The van der Waals surface area contributed by atoms with E-state index in [-0.39, 0.29) is 71.0 Å². The van der Waals surface area contributed by atoms with Crippen LogP contribution in [-0.2, 0) is 64.2 Å². The third-order valence-corrected chi connectivity index (χ3v) is 16.7. The van der Waals surface area contributed by atoms with Crippen LogP contribution in [0.2, 0.25) is 0 Å². The molecular weight excluding hydrogens is 1280 g/mol. The lowest BCUT2D eigenvalue weighted by atomic mass is 9.73. The van der Waals surface area contributed by atoms with Crippen LogP contribution < -0.4 is 40.6 Å². The van der Waals surface area contributed by atoms with E-state index in [1.807, 2.05) is 60.7 Å². The number of benzene rings is 4. The van der Waals surface area contributed by atoms with Crippen LogP contribution in [0.25, 0.3) is 0 Å². The van der Waals surface area contributed by atoms with E-state index >= 15 is 0 Å². The van der Waals surface area contributed by atoms with E-state index in [0.29, 0.717) is 91.6 Å². The van der Waals surface area contributed by atoms with E-state index in [1.165, 1.54) is 38.1 Å². The molecule has 3 aliphatic rings. The molecule has 0 saturated carbocycles. The first kappa shape index (κ1) is 83.6. The third kappa shape index (κ3) is 31.1. The largest absolute Gasteiger partial charge is 0.496 e. The zero-order valence-corrected chi connectivity index (χ0v) is 54.8. The van der Waals surface area contributed by atoms with Crippen LogP contribution in [0, 0.1) is 11.3 Å². The van der Waals surface area contributed by atoms with Gasteiger partial charge in [0.2, 0.25) is 0 Å². The Kier molecular flexibility index (Phi) is 43.4. The molecule has 27 nitrogen and oxygen atoms in total. The number of alkyl halides is 1. The molecule has 4 aromatic rings. The number of nitriles is 1. The molecule has 0 spiro atoms. The van der Waals surface area contributed by atoms with Crippen molar-refractivity contribution in [3.8, 4) is 17.6 Å². The zero-order valence-electron chi connectivity index (χ0n) is 50.9. The van der Waals surface area contributed by atoms with Crippen molar-refractivity contribution >= 4 is 75.9 Å². The summed E-state index contributed by atoms with van der Waals surface area (Å²) in [6.45, 7) is 7.59. The number of hydrogen-bond donors (Lipinski definition) is 7. The normalized spacial score (nSPS) is 14.5. The number of ether oxygens (including phenoxy) is 6. The first-order valence-electron chi connectivity index (χ1n) is 27.6. The number of aliphatic hydroxyl groups excluding tert-OH is 1. The van der Waals surface area contributed by atoms with Gasteiger partial charge in [0, 0.05) is 103 Å². The predicted octanol–water partition coefficient (Wildman–Crippen LogP) is 4.63. The zero-order chi connectivity index (χ0) is 66.6. The maximum absolute atomic E-state index is 12.9. The highest BCUT2D eigenvalue weighted by molar-refractivity contribution is 8.12. The lowest BCUT2D eigenvalue weighted by molar-refractivity contribution is 0.0924. The minimum Gasteiger partial charge on any atom is -0.496 e. The summed E-state index contributed by atoms with van der Waals surface area (Å²) in [4.78, 5) is 45.5. The Morgan fingerprint density at radius 1 is 0.711 bits per heavy atom. The number of nitrogens with one attached hydrogen (secondary N) is 5. The van der Waals surface area contributed by atoms with E-state index in [4.69, 9.17) is 46.7 Å². The summed E-state index contributed by atoms with van der Waals surface area (Å²) in [6.07, 6.45) is 3.14. The number of isocyanates is 1. The molecule has 0 bridgehead atoms. The van der Waals surface area contributed by atoms with Crippen molar-refractivity contribution in [2.45, 2.75) is 50.9 Å². The van der Waals surface area contributed by atoms with Gasteiger partial charge in [-0.1, -0.05) is 96.8 Å². The first-order valence-corrected chi connectivity index (χ1v) is 33.2. The molecule has 4 aromatic carbocycles. The van der Waals surface area contributed by atoms with Gasteiger partial charge in [0.05, 0.1) is 64.4 Å². The summed E-state index contributed by atoms with van der Waals surface area (Å²) in [7, 11) is 0.794. The number of carbonyl (C=O) groups excluding carboxylic acids is 4. The van der Waals surface area contributed by atoms with Crippen molar-refractivity contribution < 1.29 is 79.4 Å². The Morgan fingerprint density at radius 3 is 1.44 bits per heavy atom. The topological polar surface area (TPSA) is 375 Å². The number of piperidine rings is 2. The Morgan fingerprint density at radius 2 is 1.11 bits per heavy atom. The number of hydrogen-bond acceptors (Lipinski definition) is 20. The van der Waals surface area contributed by atoms with Crippen LogP contribution in [0.3, 0.4) is 0 Å². The van der Waals surface area contributed by atoms with Crippen molar-refractivity contribution in [3.05, 3.63) is 131 Å². The van der Waals surface area contributed by atoms with Gasteiger partial charge in [-0.25, -0.2) is 9.59 Å². The molecule has 0 unspecified atom stereocenters. The number of cyclic esters (lactones) is 1. The molecule has 7 rings (SSSR count). The van der Waals surface area contributed by atoms with Gasteiger partial charge < -0.3 is 55.2 Å². The number of aliphatic hydroxyl groups is 1. The highest BCUT2D eigenvalue weighted by Crippen LogP contribution is 2.36. The average molecular weight is 1370 g/mol. The monoisotopic (exact) mass is 1370 g/mol. The summed E-state index contributed by atoms with van der Waals surface area (Å²) in [5, 5.41) is 24.7. The number of nitrogens with zero attached hydrogens (tertiary/aromatic N) is 4. The van der Waals surface area contributed by atoms with E-state index in [9.17, 15) is 39.6 Å². The molecule has 3 amide bonds. The molecule has 0 radical (unpaired) electrons. The number of methoxy groups -OCH3 is 5. The number of carbonyl (C=O) groups is 3. The van der Waals surface area contributed by atoms with E-state index in [0.717, 1.165) is 37.6 Å². The van der Waals surface area contributed by atoms with E-state index in [1.54, 1.807) is 44.6 Å². The quantitative estimate of drug-likeness (QED) is 0.0165. The van der Waals surface area contributed by atoms with Crippen molar-refractivity contribution in [2.24, 2.45) is 10.1 Å². The number of amides is 3. The van der Waals surface area contributed by atoms with Crippen LogP contribution in [0.15, 0.2) is 114 Å². The number of rotatable bonds is 24. The Balaban J connectivity index is 0. The average Bonchev–Trinajstić information content (AvgIpc) is 1.50. The molecule has 0 aliphatic carbocycles. The lowest BCUT2D eigenvalue weighted by Crippen LogP contribution is -2.52. The minimum absolute atomic E-state index is 0. The predicted molar refractivity (Wildman–Crippen MR) is 347 cm³/mol. The van der Waals surface area contributed by atoms with E-state index < -0.39 is 35.7 Å². The molecular formula is C58H90Cl2N10O17S3. The van der Waals surface area contributed by atoms with Crippen molar-refractivity contribution in [1.82, 2.24) is 34.0 Å². The van der Waals surface area contributed by atoms with Gasteiger partial charge in [-0.05, 0) is 74.2 Å². The second-order valence-electron chi connectivity index (χ2n) is 18.7. The van der Waals surface area contributed by atoms with Gasteiger partial charge in [0.25, 0.3) is 28.1 Å². The molecule has 8 N–H and O–H groups in total.